The van der Waals surface area contributed by atoms with Gasteiger partial charge in [-0.1, -0.05) is 0 Å². The number of aryl methyl sites for hydroxylation is 2. The van der Waals surface area contributed by atoms with Crippen molar-refractivity contribution < 1.29 is 13.2 Å². The second-order valence-corrected chi connectivity index (χ2v) is 8.00. The van der Waals surface area contributed by atoms with Crippen LogP contribution in [0.5, 0.6) is 0 Å². The lowest BCUT2D eigenvalue weighted by atomic mass is 9.98. The first kappa shape index (κ1) is 22.3. The van der Waals surface area contributed by atoms with Crippen LogP contribution in [0.1, 0.15) is 35.5 Å². The molecular weight excluding hydrogens is 431 g/mol. The Morgan fingerprint density at radius 2 is 1.82 bits per heavy atom. The Bertz CT molecular complexity index is 1410. The van der Waals surface area contributed by atoms with Gasteiger partial charge in [0, 0.05) is 23.3 Å². The van der Waals surface area contributed by atoms with Crippen molar-refractivity contribution in [1.82, 2.24) is 15.0 Å². The lowest BCUT2D eigenvalue weighted by Crippen LogP contribution is -2.13. The zero-order valence-corrected chi connectivity index (χ0v) is 18.2. The van der Waals surface area contributed by atoms with Crippen LogP contribution in [0, 0.1) is 13.8 Å². The Hall–Kier alpha value is -3.88. The first-order valence-corrected chi connectivity index (χ1v) is 10.2. The molecule has 0 aliphatic carbocycles. The van der Waals surface area contributed by atoms with E-state index in [2.05, 4.69) is 20.3 Å². The average Bonchev–Trinajstić information content (AvgIpc) is 2.72. The number of hydrogen-bond acceptors (Lipinski definition) is 5. The van der Waals surface area contributed by atoms with E-state index in [1.54, 1.807) is 26.1 Å². The topological polar surface area (TPSA) is 96.7 Å². The van der Waals surface area contributed by atoms with Gasteiger partial charge in [-0.15, -0.1) is 0 Å². The maximum atomic E-state index is 13.3. The number of nitrogens with one attached hydrogen (secondary N) is 2. The van der Waals surface area contributed by atoms with Crippen LogP contribution in [-0.2, 0) is 6.18 Å². The molecule has 33 heavy (non-hydrogen) atoms. The summed E-state index contributed by atoms with van der Waals surface area (Å²) in [4.78, 5) is 23.4. The molecule has 9 heteroatoms. The maximum Gasteiger partial charge on any atom is 0.416 e. The summed E-state index contributed by atoms with van der Waals surface area (Å²) in [6, 6.07) is 10.1. The number of H-pyrrole nitrogens is 1. The summed E-state index contributed by atoms with van der Waals surface area (Å²) in [5.74, 6) is 0.996. The van der Waals surface area contributed by atoms with Gasteiger partial charge in [-0.05, 0) is 79.4 Å². The molecule has 0 radical (unpaired) electrons. The zero-order chi connectivity index (χ0) is 23.9. The van der Waals surface area contributed by atoms with Gasteiger partial charge in [-0.3, -0.25) is 4.79 Å². The number of alkyl halides is 3. The number of anilines is 2. The molecule has 2 heterocycles. The molecule has 170 valence electrons. The number of nitrogen functional groups attached to an aromatic ring is 1. The summed E-state index contributed by atoms with van der Waals surface area (Å²) < 4.78 is 39.8. The lowest BCUT2D eigenvalue weighted by molar-refractivity contribution is -0.137. The van der Waals surface area contributed by atoms with E-state index < -0.39 is 17.8 Å². The van der Waals surface area contributed by atoms with E-state index in [0.717, 1.165) is 28.8 Å². The van der Waals surface area contributed by atoms with E-state index in [9.17, 15) is 18.0 Å². The molecule has 6 nitrogen and oxygen atoms in total. The number of benzene rings is 2. The highest BCUT2D eigenvalue weighted by atomic mass is 19.4. The fourth-order valence-electron chi connectivity index (χ4n) is 3.81. The van der Waals surface area contributed by atoms with Crippen molar-refractivity contribution in [2.75, 3.05) is 11.1 Å². The summed E-state index contributed by atoms with van der Waals surface area (Å²) in [6.07, 6.45) is -2.92. The molecule has 0 saturated carbocycles. The summed E-state index contributed by atoms with van der Waals surface area (Å²) in [7, 11) is 0. The number of rotatable bonds is 4. The Balaban J connectivity index is 1.80. The fraction of sp³-hybridized carbons (Fsp3) is 0.208. The van der Waals surface area contributed by atoms with E-state index in [1.807, 2.05) is 19.1 Å². The Labute approximate surface area is 187 Å². The van der Waals surface area contributed by atoms with Crippen LogP contribution >= 0.6 is 0 Å². The SMILES string of the molecule is Cc1nc(NC(C)c2cc(N)cc(C(F)(F)F)c2)c2cc(-c3cc[nH]c(=O)c3)c(C)cc2n1. The van der Waals surface area contributed by atoms with Crippen molar-refractivity contribution in [1.29, 1.82) is 0 Å². The Morgan fingerprint density at radius 3 is 2.52 bits per heavy atom. The van der Waals surface area contributed by atoms with E-state index in [-0.39, 0.29) is 11.2 Å². The van der Waals surface area contributed by atoms with Gasteiger partial charge in [-0.25, -0.2) is 9.97 Å². The number of aromatic nitrogens is 3. The molecule has 0 aliphatic rings. The van der Waals surface area contributed by atoms with Crippen molar-refractivity contribution in [3.05, 3.63) is 81.5 Å². The van der Waals surface area contributed by atoms with Crippen LogP contribution in [0.2, 0.25) is 0 Å². The van der Waals surface area contributed by atoms with Crippen molar-refractivity contribution in [2.45, 2.75) is 33.0 Å². The number of fused-ring (bicyclic) bond motifs is 1. The minimum absolute atomic E-state index is 0.0319. The van der Waals surface area contributed by atoms with Gasteiger partial charge in [0.2, 0.25) is 5.56 Å². The maximum absolute atomic E-state index is 13.3. The molecule has 0 saturated heterocycles. The third-order valence-corrected chi connectivity index (χ3v) is 5.40. The smallest absolute Gasteiger partial charge is 0.399 e. The van der Waals surface area contributed by atoms with E-state index >= 15 is 0 Å². The van der Waals surface area contributed by atoms with Crippen LogP contribution in [0.25, 0.3) is 22.0 Å². The average molecular weight is 453 g/mol. The third-order valence-electron chi connectivity index (χ3n) is 5.40. The quantitative estimate of drug-likeness (QED) is 0.361. The normalized spacial score (nSPS) is 12.7. The first-order chi connectivity index (χ1) is 15.5. The molecule has 4 rings (SSSR count). The summed E-state index contributed by atoms with van der Waals surface area (Å²) in [5.41, 5.74) is 8.31. The summed E-state index contributed by atoms with van der Waals surface area (Å²) >= 11 is 0. The van der Waals surface area contributed by atoms with Gasteiger partial charge in [0.1, 0.15) is 11.6 Å². The number of pyridine rings is 1. The molecule has 0 amide bonds. The van der Waals surface area contributed by atoms with Crippen LogP contribution in [0.15, 0.2) is 53.5 Å². The van der Waals surface area contributed by atoms with E-state index in [1.165, 1.54) is 12.1 Å². The van der Waals surface area contributed by atoms with Gasteiger partial charge in [0.15, 0.2) is 0 Å². The van der Waals surface area contributed by atoms with Crippen LogP contribution in [0.4, 0.5) is 24.7 Å². The van der Waals surface area contributed by atoms with Crippen molar-refractivity contribution in [3.8, 4) is 11.1 Å². The highest BCUT2D eigenvalue weighted by Gasteiger charge is 2.31. The molecule has 2 aromatic heterocycles. The van der Waals surface area contributed by atoms with Crippen molar-refractivity contribution in [2.24, 2.45) is 0 Å². The number of aromatic amines is 1. The standard InChI is InChI=1S/C24H22F3N5O/c1-12-6-21-20(11-19(12)15-4-5-29-22(33)9-15)23(32-14(3)31-21)30-13(2)16-7-17(24(25,26)27)10-18(28)8-16/h4-11,13H,28H2,1-3H3,(H,29,33)(H,30,31,32). The number of hydrogen-bond donors (Lipinski definition) is 3. The van der Waals surface area contributed by atoms with Crippen LogP contribution < -0.4 is 16.6 Å². The number of nitrogens with zero attached hydrogens (tertiary/aromatic N) is 2. The number of nitrogens with two attached hydrogens (primary N) is 1. The van der Waals surface area contributed by atoms with Crippen LogP contribution in [-0.4, -0.2) is 15.0 Å². The molecule has 1 atom stereocenters. The monoisotopic (exact) mass is 453 g/mol. The van der Waals surface area contributed by atoms with Crippen molar-refractivity contribution in [3.63, 3.8) is 0 Å². The third kappa shape index (κ3) is 4.67. The van der Waals surface area contributed by atoms with Crippen LogP contribution in [0.3, 0.4) is 0 Å². The molecule has 4 aromatic rings. The molecule has 0 bridgehead atoms. The van der Waals surface area contributed by atoms with Gasteiger partial charge < -0.3 is 16.0 Å². The highest BCUT2D eigenvalue weighted by molar-refractivity contribution is 5.94. The molecule has 1 unspecified atom stereocenters. The molecular formula is C24H22F3N5O. The molecule has 0 spiro atoms. The molecule has 0 fully saturated rings. The van der Waals surface area contributed by atoms with Gasteiger partial charge in [-0.2, -0.15) is 13.2 Å². The second kappa shape index (κ2) is 8.23. The Kier molecular flexibility index (Phi) is 5.57. The fourth-order valence-corrected chi connectivity index (χ4v) is 3.81. The largest absolute Gasteiger partial charge is 0.416 e. The lowest BCUT2D eigenvalue weighted by Gasteiger charge is -2.19. The van der Waals surface area contributed by atoms with E-state index in [4.69, 9.17) is 5.73 Å². The van der Waals surface area contributed by atoms with Gasteiger partial charge >= 0.3 is 6.18 Å². The zero-order valence-electron chi connectivity index (χ0n) is 18.2. The number of halogens is 3. The van der Waals surface area contributed by atoms with Gasteiger partial charge in [0.25, 0.3) is 0 Å². The van der Waals surface area contributed by atoms with Crippen molar-refractivity contribution >= 4 is 22.4 Å². The molecule has 2 aromatic carbocycles. The Morgan fingerprint density at radius 1 is 1.06 bits per heavy atom. The predicted molar refractivity (Wildman–Crippen MR) is 123 cm³/mol. The minimum atomic E-state index is -4.50. The minimum Gasteiger partial charge on any atom is -0.399 e. The van der Waals surface area contributed by atoms with Gasteiger partial charge in [0.05, 0.1) is 17.1 Å². The molecule has 0 aliphatic heterocycles. The molecule has 4 N–H and O–H groups in total. The van der Waals surface area contributed by atoms with E-state index in [0.29, 0.717) is 28.1 Å². The highest BCUT2D eigenvalue weighted by Crippen LogP contribution is 2.35. The first-order valence-electron chi connectivity index (χ1n) is 10.2. The summed E-state index contributed by atoms with van der Waals surface area (Å²) in [6.45, 7) is 5.41. The second-order valence-electron chi connectivity index (χ2n) is 8.00. The predicted octanol–water partition coefficient (Wildman–Crippen LogP) is 5.38. The summed E-state index contributed by atoms with van der Waals surface area (Å²) in [5, 5.41) is 3.90.